The lowest BCUT2D eigenvalue weighted by molar-refractivity contribution is -0.124. The number of nitrogens with one attached hydrogen (secondary N) is 1. The Labute approximate surface area is 150 Å². The summed E-state index contributed by atoms with van der Waals surface area (Å²) in [6.07, 6.45) is 0.718. The van der Waals surface area contributed by atoms with Crippen LogP contribution in [-0.2, 0) is 4.79 Å². The van der Waals surface area contributed by atoms with Crippen LogP contribution < -0.4 is 5.32 Å². The highest BCUT2D eigenvalue weighted by Crippen LogP contribution is 2.28. The van der Waals surface area contributed by atoms with Gasteiger partial charge in [-0.15, -0.1) is 15.0 Å². The molecular formula is C18H19ClN4O2. The molecular weight excluding hydrogens is 340 g/mol. The van der Waals surface area contributed by atoms with Gasteiger partial charge in [-0.25, -0.2) is 0 Å². The quantitative estimate of drug-likeness (QED) is 0.734. The van der Waals surface area contributed by atoms with Gasteiger partial charge in [-0.1, -0.05) is 32.4 Å². The number of fused-ring (bicyclic) bond motifs is 1. The lowest BCUT2D eigenvalue weighted by Gasteiger charge is -2.21. The van der Waals surface area contributed by atoms with Crippen LogP contribution in [-0.4, -0.2) is 26.0 Å². The number of nitrogens with zero attached hydrogens (tertiary/aromatic N) is 3. The van der Waals surface area contributed by atoms with E-state index in [1.54, 1.807) is 30.3 Å². The molecule has 0 fully saturated rings. The maximum Gasteiger partial charge on any atom is 0.230 e. The number of halogens is 1. The number of carbonyl (C=O) groups excluding carboxylic acids is 1. The number of hydrogen-bond acceptors (Lipinski definition) is 4. The molecule has 0 saturated heterocycles. The first-order valence-corrected chi connectivity index (χ1v) is 8.35. The van der Waals surface area contributed by atoms with E-state index in [0.29, 0.717) is 27.4 Å². The van der Waals surface area contributed by atoms with Crippen LogP contribution in [0, 0.1) is 5.41 Å². The number of anilines is 1. The van der Waals surface area contributed by atoms with E-state index in [2.05, 4.69) is 15.5 Å². The summed E-state index contributed by atoms with van der Waals surface area (Å²) < 4.78 is 0. The summed E-state index contributed by atoms with van der Waals surface area (Å²) >= 11 is 5.96. The summed E-state index contributed by atoms with van der Waals surface area (Å²) in [7, 11) is 0. The number of aromatic hydroxyl groups is 1. The van der Waals surface area contributed by atoms with Crippen molar-refractivity contribution in [3.63, 3.8) is 0 Å². The molecule has 0 saturated carbocycles. The molecule has 7 heteroatoms. The highest BCUT2D eigenvalue weighted by molar-refractivity contribution is 6.31. The van der Waals surface area contributed by atoms with Crippen molar-refractivity contribution in [2.45, 2.75) is 27.2 Å². The lowest BCUT2D eigenvalue weighted by Crippen LogP contribution is -2.29. The van der Waals surface area contributed by atoms with Crippen LogP contribution in [0.25, 0.3) is 16.7 Å². The molecule has 1 aromatic heterocycles. The van der Waals surface area contributed by atoms with E-state index in [1.165, 1.54) is 10.9 Å². The normalized spacial score (nSPS) is 11.7. The largest absolute Gasteiger partial charge is 0.506 e. The standard InChI is InChI=1S/C18H19ClN4O2/c1-4-18(2,3)17(25)20-12-6-8-15(16(24)10-12)23-21-13-7-5-11(19)9-14(13)22-23/h5-10,24H,4H2,1-3H3,(H,20,25). The van der Waals surface area contributed by atoms with Crippen molar-refractivity contribution in [1.82, 2.24) is 15.0 Å². The van der Waals surface area contributed by atoms with Crippen LogP contribution in [0.1, 0.15) is 27.2 Å². The van der Waals surface area contributed by atoms with Crippen LogP contribution in [0.3, 0.4) is 0 Å². The monoisotopic (exact) mass is 358 g/mol. The van der Waals surface area contributed by atoms with Crippen molar-refractivity contribution in [2.24, 2.45) is 5.41 Å². The van der Waals surface area contributed by atoms with Crippen LogP contribution in [0.4, 0.5) is 5.69 Å². The van der Waals surface area contributed by atoms with Crippen molar-refractivity contribution in [2.75, 3.05) is 5.32 Å². The Morgan fingerprint density at radius 3 is 2.60 bits per heavy atom. The van der Waals surface area contributed by atoms with Crippen molar-refractivity contribution in [3.8, 4) is 11.4 Å². The first-order valence-electron chi connectivity index (χ1n) is 7.97. The van der Waals surface area contributed by atoms with Gasteiger partial charge in [-0.05, 0) is 36.8 Å². The fraction of sp³-hybridized carbons (Fsp3) is 0.278. The molecule has 0 aliphatic rings. The maximum absolute atomic E-state index is 12.2. The first-order chi connectivity index (χ1) is 11.8. The topological polar surface area (TPSA) is 80.0 Å². The molecule has 0 unspecified atom stereocenters. The SMILES string of the molecule is CCC(C)(C)C(=O)Nc1ccc(-n2nc3ccc(Cl)cc3n2)c(O)c1. The fourth-order valence-corrected chi connectivity index (χ4v) is 2.39. The average Bonchev–Trinajstić information content (AvgIpc) is 2.97. The summed E-state index contributed by atoms with van der Waals surface area (Å²) in [4.78, 5) is 13.6. The van der Waals surface area contributed by atoms with Crippen molar-refractivity contribution < 1.29 is 9.90 Å². The van der Waals surface area contributed by atoms with Crippen LogP contribution in [0.15, 0.2) is 36.4 Å². The molecule has 3 rings (SSSR count). The molecule has 6 nitrogen and oxygen atoms in total. The molecule has 0 aliphatic carbocycles. The number of phenolic OH excluding ortho intramolecular Hbond substituents is 1. The van der Waals surface area contributed by atoms with E-state index in [9.17, 15) is 9.90 Å². The number of hydrogen-bond donors (Lipinski definition) is 2. The van der Waals surface area contributed by atoms with E-state index in [1.807, 2.05) is 20.8 Å². The van der Waals surface area contributed by atoms with Gasteiger partial charge >= 0.3 is 0 Å². The molecule has 1 amide bonds. The molecule has 2 aromatic carbocycles. The van der Waals surface area contributed by atoms with E-state index in [0.717, 1.165) is 6.42 Å². The van der Waals surface area contributed by atoms with Crippen LogP contribution >= 0.6 is 11.6 Å². The van der Waals surface area contributed by atoms with Gasteiger partial charge in [0, 0.05) is 22.2 Å². The molecule has 0 radical (unpaired) electrons. The van der Waals surface area contributed by atoms with Gasteiger partial charge < -0.3 is 10.4 Å². The second-order valence-electron chi connectivity index (χ2n) is 6.52. The van der Waals surface area contributed by atoms with Crippen molar-refractivity contribution >= 4 is 34.2 Å². The second kappa shape index (κ2) is 6.37. The lowest BCUT2D eigenvalue weighted by atomic mass is 9.89. The zero-order chi connectivity index (χ0) is 18.2. The van der Waals surface area contributed by atoms with E-state index in [-0.39, 0.29) is 11.7 Å². The number of phenols is 1. The number of carbonyl (C=O) groups is 1. The van der Waals surface area contributed by atoms with Crippen molar-refractivity contribution in [1.29, 1.82) is 0 Å². The van der Waals surface area contributed by atoms with Gasteiger partial charge in [-0.3, -0.25) is 4.79 Å². The third kappa shape index (κ3) is 3.44. The third-order valence-electron chi connectivity index (χ3n) is 4.29. The second-order valence-corrected chi connectivity index (χ2v) is 6.95. The Morgan fingerprint density at radius 1 is 1.20 bits per heavy atom. The maximum atomic E-state index is 12.2. The highest BCUT2D eigenvalue weighted by atomic mass is 35.5. The smallest absolute Gasteiger partial charge is 0.230 e. The van der Waals surface area contributed by atoms with Gasteiger partial charge in [0.15, 0.2) is 0 Å². The van der Waals surface area contributed by atoms with Gasteiger partial charge in [-0.2, -0.15) is 0 Å². The molecule has 25 heavy (non-hydrogen) atoms. The number of aromatic nitrogens is 3. The van der Waals surface area contributed by atoms with Crippen molar-refractivity contribution in [3.05, 3.63) is 41.4 Å². The number of amides is 1. The molecule has 130 valence electrons. The summed E-state index contributed by atoms with van der Waals surface area (Å²) in [5.74, 6) is -0.127. The highest BCUT2D eigenvalue weighted by Gasteiger charge is 2.25. The summed E-state index contributed by atoms with van der Waals surface area (Å²) in [5.41, 5.74) is 1.77. The molecule has 1 heterocycles. The Hall–Kier alpha value is -2.60. The minimum atomic E-state index is -0.477. The molecule has 0 bridgehead atoms. The number of benzene rings is 2. The van der Waals surface area contributed by atoms with Gasteiger partial charge in [0.25, 0.3) is 0 Å². The molecule has 2 N–H and O–H groups in total. The molecule has 0 atom stereocenters. The third-order valence-corrected chi connectivity index (χ3v) is 4.52. The Kier molecular flexibility index (Phi) is 4.39. The fourth-order valence-electron chi connectivity index (χ4n) is 2.23. The van der Waals surface area contributed by atoms with Gasteiger partial charge in [0.05, 0.1) is 0 Å². The minimum absolute atomic E-state index is 0.0292. The predicted octanol–water partition coefficient (Wildman–Crippen LogP) is 4.15. The molecule has 3 aromatic rings. The minimum Gasteiger partial charge on any atom is -0.506 e. The van der Waals surface area contributed by atoms with Crippen LogP contribution in [0.5, 0.6) is 5.75 Å². The Morgan fingerprint density at radius 2 is 1.92 bits per heavy atom. The van der Waals surface area contributed by atoms with E-state index < -0.39 is 5.41 Å². The molecule has 0 aliphatic heterocycles. The summed E-state index contributed by atoms with van der Waals surface area (Å²) in [5, 5.41) is 22.4. The zero-order valence-electron chi connectivity index (χ0n) is 14.2. The summed E-state index contributed by atoms with van der Waals surface area (Å²) in [6.45, 7) is 5.71. The van der Waals surface area contributed by atoms with E-state index in [4.69, 9.17) is 11.6 Å². The van der Waals surface area contributed by atoms with E-state index >= 15 is 0 Å². The predicted molar refractivity (Wildman–Crippen MR) is 98.2 cm³/mol. The number of rotatable bonds is 4. The zero-order valence-corrected chi connectivity index (χ0v) is 15.0. The summed E-state index contributed by atoms with van der Waals surface area (Å²) in [6, 6.07) is 10.1. The Balaban J connectivity index is 1.90. The Bertz CT molecular complexity index is 949. The average molecular weight is 359 g/mol. The molecule has 0 spiro atoms. The van der Waals surface area contributed by atoms with Gasteiger partial charge in [0.1, 0.15) is 22.5 Å². The van der Waals surface area contributed by atoms with Gasteiger partial charge in [0.2, 0.25) is 5.91 Å². The first kappa shape index (κ1) is 17.2. The van der Waals surface area contributed by atoms with Crippen LogP contribution in [0.2, 0.25) is 5.02 Å².